The quantitative estimate of drug-likeness (QED) is 0.168. The molecule has 12 heavy (non-hydrogen) atoms. The van der Waals surface area contributed by atoms with Gasteiger partial charge in [0, 0.05) is 13.0 Å². The highest BCUT2D eigenvalue weighted by atomic mass is 16.4. The standard InChI is InChI=1S/C7H15N3O2/c8-10-6-9-5-3-1-2-4-7(11)12/h6H,1-5,8H2,(H,9,10)(H,11,12). The maximum atomic E-state index is 10.1. The average Bonchev–Trinajstić information content (AvgIpc) is 2.02. The molecule has 0 amide bonds. The molecule has 70 valence electrons. The Morgan fingerprint density at radius 2 is 2.25 bits per heavy atom. The van der Waals surface area contributed by atoms with Gasteiger partial charge in [-0.3, -0.25) is 9.79 Å². The van der Waals surface area contributed by atoms with E-state index in [-0.39, 0.29) is 6.42 Å². The number of hydrazine groups is 1. The Labute approximate surface area is 71.6 Å². The molecule has 0 heterocycles. The van der Waals surface area contributed by atoms with Gasteiger partial charge in [-0.15, -0.1) is 0 Å². The van der Waals surface area contributed by atoms with Crippen molar-refractivity contribution in [1.29, 1.82) is 0 Å². The summed E-state index contributed by atoms with van der Waals surface area (Å²) < 4.78 is 0. The van der Waals surface area contributed by atoms with Crippen LogP contribution in [0.3, 0.4) is 0 Å². The zero-order valence-corrected chi connectivity index (χ0v) is 6.99. The molecule has 0 spiro atoms. The predicted octanol–water partition coefficient (Wildman–Crippen LogP) is 0.123. The van der Waals surface area contributed by atoms with Crippen molar-refractivity contribution < 1.29 is 9.90 Å². The van der Waals surface area contributed by atoms with E-state index in [1.54, 1.807) is 0 Å². The van der Waals surface area contributed by atoms with Gasteiger partial charge in [0.25, 0.3) is 0 Å². The lowest BCUT2D eigenvalue weighted by Crippen LogP contribution is -2.19. The fourth-order valence-corrected chi connectivity index (χ4v) is 0.773. The fourth-order valence-electron chi connectivity index (χ4n) is 0.773. The largest absolute Gasteiger partial charge is 0.481 e. The minimum atomic E-state index is -0.734. The van der Waals surface area contributed by atoms with Crippen molar-refractivity contribution in [3.63, 3.8) is 0 Å². The van der Waals surface area contributed by atoms with Crippen molar-refractivity contribution in [3.05, 3.63) is 0 Å². The highest BCUT2D eigenvalue weighted by molar-refractivity contribution is 5.66. The number of carboxylic acid groups (broad SMARTS) is 1. The van der Waals surface area contributed by atoms with Crippen molar-refractivity contribution in [2.45, 2.75) is 25.7 Å². The summed E-state index contributed by atoms with van der Waals surface area (Å²) in [5.74, 6) is 4.20. The second-order valence-electron chi connectivity index (χ2n) is 2.41. The molecule has 0 rings (SSSR count). The SMILES string of the molecule is NNC=NCCCCCC(=O)O. The van der Waals surface area contributed by atoms with Gasteiger partial charge in [0.15, 0.2) is 0 Å². The van der Waals surface area contributed by atoms with Crippen LogP contribution in [0.2, 0.25) is 0 Å². The summed E-state index contributed by atoms with van der Waals surface area (Å²) in [6.07, 6.45) is 4.20. The van der Waals surface area contributed by atoms with Crippen molar-refractivity contribution >= 4 is 12.3 Å². The first-order valence-electron chi connectivity index (χ1n) is 3.93. The second kappa shape index (κ2) is 8.00. The first kappa shape index (κ1) is 10.9. The van der Waals surface area contributed by atoms with Gasteiger partial charge >= 0.3 is 5.97 Å². The molecular weight excluding hydrogens is 158 g/mol. The number of carboxylic acids is 1. The molecule has 0 atom stereocenters. The maximum absolute atomic E-state index is 10.1. The molecule has 0 unspecified atom stereocenters. The van der Waals surface area contributed by atoms with Crippen LogP contribution in [0.25, 0.3) is 0 Å². The number of unbranched alkanes of at least 4 members (excludes halogenated alkanes) is 2. The van der Waals surface area contributed by atoms with Crippen molar-refractivity contribution in [1.82, 2.24) is 5.43 Å². The number of hydrogen-bond donors (Lipinski definition) is 3. The van der Waals surface area contributed by atoms with E-state index in [2.05, 4.69) is 10.4 Å². The van der Waals surface area contributed by atoms with Crippen LogP contribution in [0.1, 0.15) is 25.7 Å². The number of nitrogens with one attached hydrogen (secondary N) is 1. The molecule has 4 N–H and O–H groups in total. The molecule has 0 aromatic heterocycles. The summed E-state index contributed by atoms with van der Waals surface area (Å²) in [5, 5.41) is 8.30. The number of aliphatic imine (C=N–C) groups is 1. The molecule has 5 nitrogen and oxygen atoms in total. The Bertz CT molecular complexity index is 148. The van der Waals surface area contributed by atoms with E-state index in [1.165, 1.54) is 6.34 Å². The number of hydrogen-bond acceptors (Lipinski definition) is 3. The van der Waals surface area contributed by atoms with E-state index in [9.17, 15) is 4.79 Å². The minimum Gasteiger partial charge on any atom is -0.481 e. The molecular formula is C7H15N3O2. The summed E-state index contributed by atoms with van der Waals surface area (Å²) in [6.45, 7) is 0.698. The van der Waals surface area contributed by atoms with Gasteiger partial charge in [0.05, 0.1) is 6.34 Å². The van der Waals surface area contributed by atoms with Gasteiger partial charge in [-0.2, -0.15) is 0 Å². The molecule has 5 heteroatoms. The zero-order valence-electron chi connectivity index (χ0n) is 6.99. The van der Waals surface area contributed by atoms with Crippen LogP contribution in [0.15, 0.2) is 4.99 Å². The van der Waals surface area contributed by atoms with Gasteiger partial charge in [-0.25, -0.2) is 5.84 Å². The van der Waals surface area contributed by atoms with Gasteiger partial charge in [-0.1, -0.05) is 6.42 Å². The predicted molar refractivity (Wildman–Crippen MR) is 46.8 cm³/mol. The van der Waals surface area contributed by atoms with Gasteiger partial charge in [0.1, 0.15) is 0 Å². The summed E-state index contributed by atoms with van der Waals surface area (Å²) in [4.78, 5) is 14.0. The van der Waals surface area contributed by atoms with E-state index < -0.39 is 5.97 Å². The molecule has 0 aliphatic rings. The number of nitrogens with two attached hydrogens (primary N) is 1. The van der Waals surface area contributed by atoms with E-state index >= 15 is 0 Å². The van der Waals surface area contributed by atoms with Crippen LogP contribution >= 0.6 is 0 Å². The Morgan fingerprint density at radius 1 is 1.50 bits per heavy atom. The highest BCUT2D eigenvalue weighted by Gasteiger charge is 1.94. The topological polar surface area (TPSA) is 87.7 Å². The number of rotatable bonds is 7. The molecule has 0 saturated carbocycles. The summed E-state index contributed by atoms with van der Waals surface area (Å²) in [5.41, 5.74) is 2.29. The summed E-state index contributed by atoms with van der Waals surface area (Å²) >= 11 is 0. The van der Waals surface area contributed by atoms with Crippen LogP contribution in [0, 0.1) is 0 Å². The third kappa shape index (κ3) is 8.90. The van der Waals surface area contributed by atoms with Crippen LogP contribution in [-0.2, 0) is 4.79 Å². The summed E-state index contributed by atoms with van der Waals surface area (Å²) in [7, 11) is 0. The fraction of sp³-hybridized carbons (Fsp3) is 0.714. The summed E-state index contributed by atoms with van der Waals surface area (Å²) in [6, 6.07) is 0. The Balaban J connectivity index is 3.00. The molecule has 0 saturated heterocycles. The van der Waals surface area contributed by atoms with Crippen LogP contribution in [-0.4, -0.2) is 24.0 Å². The van der Waals surface area contributed by atoms with Crippen molar-refractivity contribution in [3.8, 4) is 0 Å². The van der Waals surface area contributed by atoms with E-state index in [0.29, 0.717) is 6.54 Å². The molecule has 0 aliphatic carbocycles. The molecule has 0 fully saturated rings. The first-order valence-corrected chi connectivity index (χ1v) is 3.93. The molecule has 0 radical (unpaired) electrons. The number of nitrogens with zero attached hydrogens (tertiary/aromatic N) is 1. The van der Waals surface area contributed by atoms with Crippen molar-refractivity contribution in [2.24, 2.45) is 10.8 Å². The van der Waals surface area contributed by atoms with Gasteiger partial charge in [-0.05, 0) is 12.8 Å². The lowest BCUT2D eigenvalue weighted by Gasteiger charge is -1.94. The lowest BCUT2D eigenvalue weighted by molar-refractivity contribution is -0.137. The first-order chi connectivity index (χ1) is 5.77. The minimum absolute atomic E-state index is 0.249. The van der Waals surface area contributed by atoms with Crippen LogP contribution in [0.5, 0.6) is 0 Å². The number of carbonyl (C=O) groups is 1. The maximum Gasteiger partial charge on any atom is 0.303 e. The highest BCUT2D eigenvalue weighted by Crippen LogP contribution is 1.99. The molecule has 0 bridgehead atoms. The average molecular weight is 173 g/mol. The third-order valence-electron chi connectivity index (χ3n) is 1.34. The smallest absolute Gasteiger partial charge is 0.303 e. The van der Waals surface area contributed by atoms with Gasteiger partial charge in [0.2, 0.25) is 0 Å². The van der Waals surface area contributed by atoms with E-state index in [4.69, 9.17) is 10.9 Å². The van der Waals surface area contributed by atoms with E-state index in [1.807, 2.05) is 0 Å². The molecule has 0 aliphatic heterocycles. The molecule has 0 aromatic carbocycles. The monoisotopic (exact) mass is 173 g/mol. The zero-order chi connectivity index (χ0) is 9.23. The normalized spacial score (nSPS) is 10.4. The number of aliphatic carboxylic acids is 1. The Kier molecular flexibility index (Phi) is 7.27. The molecule has 0 aromatic rings. The Hall–Kier alpha value is -1.10. The van der Waals surface area contributed by atoms with E-state index in [0.717, 1.165) is 19.3 Å². The van der Waals surface area contributed by atoms with Gasteiger partial charge < -0.3 is 10.5 Å². The second-order valence-corrected chi connectivity index (χ2v) is 2.41. The van der Waals surface area contributed by atoms with Crippen LogP contribution < -0.4 is 11.3 Å². The Morgan fingerprint density at radius 3 is 2.83 bits per heavy atom. The lowest BCUT2D eigenvalue weighted by atomic mass is 10.2. The van der Waals surface area contributed by atoms with Crippen LogP contribution in [0.4, 0.5) is 0 Å². The third-order valence-corrected chi connectivity index (χ3v) is 1.34. The van der Waals surface area contributed by atoms with Crippen molar-refractivity contribution in [2.75, 3.05) is 6.54 Å².